The Morgan fingerprint density at radius 3 is 2.15 bits per heavy atom. The van der Waals surface area contributed by atoms with Crippen molar-refractivity contribution in [1.29, 1.82) is 0 Å². The Balaban J connectivity index is 1.03. The molecule has 0 aromatic heterocycles. The van der Waals surface area contributed by atoms with E-state index in [-0.39, 0.29) is 60.9 Å². The van der Waals surface area contributed by atoms with Crippen LogP contribution in [0.2, 0.25) is 0 Å². The summed E-state index contributed by atoms with van der Waals surface area (Å²) in [4.78, 5) is 58.3. The van der Waals surface area contributed by atoms with Crippen LogP contribution in [-0.2, 0) is 44.5 Å². The van der Waals surface area contributed by atoms with E-state index in [9.17, 15) is 24.0 Å². The standard InChI is InChI=1S/C33H50N4O9S/c1-24(38)22-27(39)11-8-25-6-9-26(10-7-25)35-31(41)12-14-43-16-18-45-20-21-46-19-17-44-15-13-34-30(40)5-3-2-4-29-32-28(23-47-29)36-33(42)37-32/h6-7,9-10,28-29,32H,2-5,8,11-23H2,1H3,(H,34,40)(H,35,41)(H2,36,37,42). The Morgan fingerprint density at radius 2 is 1.47 bits per heavy atom. The average Bonchev–Trinajstić information content (AvgIpc) is 3.59. The van der Waals surface area contributed by atoms with Crippen LogP contribution in [0.4, 0.5) is 10.5 Å². The van der Waals surface area contributed by atoms with Gasteiger partial charge in [0.25, 0.3) is 0 Å². The van der Waals surface area contributed by atoms with Gasteiger partial charge >= 0.3 is 6.03 Å². The highest BCUT2D eigenvalue weighted by Crippen LogP contribution is 2.33. The molecule has 2 fully saturated rings. The number of unbranched alkanes of at least 4 members (excludes halogenated alkanes) is 1. The van der Waals surface area contributed by atoms with Gasteiger partial charge in [0.05, 0.1) is 77.8 Å². The minimum atomic E-state index is -0.156. The molecule has 0 spiro atoms. The molecule has 2 saturated heterocycles. The number of carbonyl (C=O) groups is 5. The first kappa shape index (κ1) is 38.4. The number of anilines is 1. The molecule has 1 aromatic rings. The van der Waals surface area contributed by atoms with Crippen LogP contribution in [0.3, 0.4) is 0 Å². The number of benzene rings is 1. The molecule has 4 amide bonds. The zero-order valence-corrected chi connectivity index (χ0v) is 28.2. The highest BCUT2D eigenvalue weighted by molar-refractivity contribution is 8.00. The van der Waals surface area contributed by atoms with Gasteiger partial charge < -0.3 is 40.2 Å². The number of thioether (sulfide) groups is 1. The maximum Gasteiger partial charge on any atom is 0.315 e. The number of amides is 4. The van der Waals surface area contributed by atoms with Gasteiger partial charge in [-0.3, -0.25) is 19.2 Å². The fraction of sp³-hybridized carbons (Fsp3) is 0.667. The fourth-order valence-electron chi connectivity index (χ4n) is 5.18. The van der Waals surface area contributed by atoms with Crippen molar-refractivity contribution >= 4 is 46.9 Å². The van der Waals surface area contributed by atoms with Crippen molar-refractivity contribution in [3.05, 3.63) is 29.8 Å². The Hall–Kier alpha value is -3.04. The predicted octanol–water partition coefficient (Wildman–Crippen LogP) is 2.40. The van der Waals surface area contributed by atoms with Crippen molar-refractivity contribution in [3.8, 4) is 0 Å². The molecule has 0 aliphatic carbocycles. The van der Waals surface area contributed by atoms with E-state index in [1.54, 1.807) is 12.1 Å². The molecule has 3 rings (SSSR count). The largest absolute Gasteiger partial charge is 0.379 e. The van der Waals surface area contributed by atoms with Crippen molar-refractivity contribution in [2.24, 2.45) is 0 Å². The van der Waals surface area contributed by atoms with Crippen molar-refractivity contribution in [1.82, 2.24) is 16.0 Å². The lowest BCUT2D eigenvalue weighted by atomic mass is 10.0. The summed E-state index contributed by atoms with van der Waals surface area (Å²) in [6.07, 6.45) is 4.37. The van der Waals surface area contributed by atoms with Crippen LogP contribution in [0, 0.1) is 0 Å². The first-order valence-corrected chi connectivity index (χ1v) is 17.5. The molecule has 47 heavy (non-hydrogen) atoms. The first-order chi connectivity index (χ1) is 22.8. The first-order valence-electron chi connectivity index (χ1n) is 16.5. The average molecular weight is 679 g/mol. The molecule has 14 heteroatoms. The van der Waals surface area contributed by atoms with E-state index in [4.69, 9.17) is 18.9 Å². The van der Waals surface area contributed by atoms with E-state index < -0.39 is 0 Å². The summed E-state index contributed by atoms with van der Waals surface area (Å²) >= 11 is 1.89. The molecule has 2 aliphatic rings. The number of ether oxygens (including phenoxy) is 4. The number of Topliss-reactive ketones (excluding diaryl/α,β-unsaturated/α-hetero) is 2. The second-order valence-electron chi connectivity index (χ2n) is 11.6. The van der Waals surface area contributed by atoms with Crippen LogP contribution in [0.15, 0.2) is 24.3 Å². The van der Waals surface area contributed by atoms with E-state index in [0.717, 1.165) is 30.6 Å². The zero-order chi connectivity index (χ0) is 33.7. The quantitative estimate of drug-likeness (QED) is 0.0648. The Kier molecular flexibility index (Phi) is 18.4. The molecule has 0 bridgehead atoms. The third-order valence-corrected chi connectivity index (χ3v) is 9.12. The number of rotatable bonds is 26. The summed E-state index contributed by atoms with van der Waals surface area (Å²) in [5, 5.41) is 12.1. The Bertz CT molecular complexity index is 1140. The maximum atomic E-state index is 12.1. The molecule has 2 heterocycles. The molecule has 3 atom stereocenters. The van der Waals surface area contributed by atoms with E-state index in [2.05, 4.69) is 21.3 Å². The van der Waals surface area contributed by atoms with E-state index in [1.165, 1.54) is 6.92 Å². The van der Waals surface area contributed by atoms with Crippen LogP contribution in [-0.4, -0.2) is 112 Å². The van der Waals surface area contributed by atoms with E-state index in [0.29, 0.717) is 83.0 Å². The highest BCUT2D eigenvalue weighted by Gasteiger charge is 2.42. The van der Waals surface area contributed by atoms with Crippen LogP contribution in [0.1, 0.15) is 57.4 Å². The normalized spacial score (nSPS) is 18.3. The van der Waals surface area contributed by atoms with Gasteiger partial charge in [0.1, 0.15) is 11.6 Å². The van der Waals surface area contributed by atoms with Crippen molar-refractivity contribution in [3.63, 3.8) is 0 Å². The molecular formula is C33H50N4O9S. The minimum Gasteiger partial charge on any atom is -0.379 e. The number of aryl methyl sites for hydroxylation is 1. The number of hydrogen-bond acceptors (Lipinski definition) is 10. The number of nitrogens with one attached hydrogen (secondary N) is 4. The SMILES string of the molecule is CC(=O)CC(=O)CCc1ccc(NC(=O)CCOCCOCCOCCOCCNC(=O)CCCCC2SCC3NC(=O)NC32)cc1. The van der Waals surface area contributed by atoms with Crippen LogP contribution in [0.5, 0.6) is 0 Å². The van der Waals surface area contributed by atoms with E-state index >= 15 is 0 Å². The van der Waals surface area contributed by atoms with Crippen LogP contribution < -0.4 is 21.3 Å². The van der Waals surface area contributed by atoms with E-state index in [1.807, 2.05) is 23.9 Å². The van der Waals surface area contributed by atoms with Gasteiger partial charge in [0, 0.05) is 36.1 Å². The Labute approximate surface area is 281 Å². The van der Waals surface area contributed by atoms with Gasteiger partial charge in [-0.15, -0.1) is 0 Å². The molecular weight excluding hydrogens is 628 g/mol. The smallest absolute Gasteiger partial charge is 0.315 e. The zero-order valence-electron chi connectivity index (χ0n) is 27.4. The van der Waals surface area contributed by atoms with Gasteiger partial charge in [-0.2, -0.15) is 11.8 Å². The summed E-state index contributed by atoms with van der Waals surface area (Å²) in [6, 6.07) is 7.68. The summed E-state index contributed by atoms with van der Waals surface area (Å²) in [5.74, 6) is 0.631. The molecule has 13 nitrogen and oxygen atoms in total. The molecule has 0 saturated carbocycles. The minimum absolute atomic E-state index is 0.0230. The fourth-order valence-corrected chi connectivity index (χ4v) is 6.72. The number of ketones is 2. The summed E-state index contributed by atoms with van der Waals surface area (Å²) in [5.41, 5.74) is 1.64. The summed E-state index contributed by atoms with van der Waals surface area (Å²) in [6.45, 7) is 5.06. The number of urea groups is 1. The lowest BCUT2D eigenvalue weighted by Gasteiger charge is -2.16. The third kappa shape index (κ3) is 16.6. The molecule has 2 aliphatic heterocycles. The third-order valence-electron chi connectivity index (χ3n) is 7.62. The maximum absolute atomic E-state index is 12.1. The van der Waals surface area contributed by atoms with Gasteiger partial charge in [-0.1, -0.05) is 18.6 Å². The van der Waals surface area contributed by atoms with Gasteiger partial charge in [0.2, 0.25) is 11.8 Å². The van der Waals surface area contributed by atoms with Crippen molar-refractivity contribution < 1.29 is 42.9 Å². The second kappa shape index (κ2) is 22.5. The molecule has 1 aromatic carbocycles. The van der Waals surface area contributed by atoms with Crippen molar-refractivity contribution in [2.45, 2.75) is 75.6 Å². The monoisotopic (exact) mass is 678 g/mol. The number of carbonyl (C=O) groups excluding carboxylic acids is 5. The molecule has 4 N–H and O–H groups in total. The topological polar surface area (TPSA) is 170 Å². The lowest BCUT2D eigenvalue weighted by molar-refractivity contribution is -0.126. The molecule has 262 valence electrons. The Morgan fingerprint density at radius 1 is 0.809 bits per heavy atom. The molecule has 3 unspecified atom stereocenters. The summed E-state index contributed by atoms with van der Waals surface area (Å²) < 4.78 is 21.9. The second-order valence-corrected chi connectivity index (χ2v) is 12.9. The molecule has 0 radical (unpaired) electrons. The van der Waals surface area contributed by atoms with Crippen LogP contribution >= 0.6 is 11.8 Å². The van der Waals surface area contributed by atoms with Gasteiger partial charge in [-0.25, -0.2) is 4.79 Å². The van der Waals surface area contributed by atoms with Crippen LogP contribution in [0.25, 0.3) is 0 Å². The van der Waals surface area contributed by atoms with Gasteiger partial charge in [-0.05, 0) is 43.9 Å². The van der Waals surface area contributed by atoms with Gasteiger partial charge in [0.15, 0.2) is 0 Å². The number of hydrogen-bond donors (Lipinski definition) is 4. The summed E-state index contributed by atoms with van der Waals surface area (Å²) in [7, 11) is 0. The van der Waals surface area contributed by atoms with Crippen molar-refractivity contribution in [2.75, 3.05) is 70.5 Å². The highest BCUT2D eigenvalue weighted by atomic mass is 32.2. The predicted molar refractivity (Wildman–Crippen MR) is 179 cm³/mol. The lowest BCUT2D eigenvalue weighted by Crippen LogP contribution is -2.36. The number of fused-ring (bicyclic) bond motifs is 1.